The minimum atomic E-state index is -3.60. The van der Waals surface area contributed by atoms with E-state index in [1.165, 1.54) is 28.6 Å². The highest BCUT2D eigenvalue weighted by molar-refractivity contribution is 7.89. The van der Waals surface area contributed by atoms with Gasteiger partial charge in [0.1, 0.15) is 5.75 Å². The summed E-state index contributed by atoms with van der Waals surface area (Å²) in [6.45, 7) is 6.09. The van der Waals surface area contributed by atoms with Crippen LogP contribution in [0.25, 0.3) is 0 Å². The zero-order valence-electron chi connectivity index (χ0n) is 18.6. The van der Waals surface area contributed by atoms with Crippen molar-refractivity contribution in [2.75, 3.05) is 13.2 Å². The molecule has 0 saturated carbocycles. The summed E-state index contributed by atoms with van der Waals surface area (Å²) < 4.78 is 32.7. The van der Waals surface area contributed by atoms with Crippen LogP contribution in [0.2, 0.25) is 0 Å². The normalized spacial score (nSPS) is 16.9. The van der Waals surface area contributed by atoms with Gasteiger partial charge in [-0.25, -0.2) is 8.42 Å². The first-order chi connectivity index (χ1) is 15.2. The van der Waals surface area contributed by atoms with Gasteiger partial charge in [-0.3, -0.25) is 20.4 Å². The molecule has 9 heteroatoms. The quantitative estimate of drug-likeness (QED) is 0.647. The van der Waals surface area contributed by atoms with E-state index in [-0.39, 0.29) is 23.1 Å². The van der Waals surface area contributed by atoms with Gasteiger partial charge in [0, 0.05) is 18.2 Å². The largest absolute Gasteiger partial charge is 0.484 e. The fourth-order valence-corrected chi connectivity index (χ4v) is 5.23. The van der Waals surface area contributed by atoms with Gasteiger partial charge in [-0.1, -0.05) is 12.5 Å². The first kappa shape index (κ1) is 23.7. The van der Waals surface area contributed by atoms with Gasteiger partial charge in [0.15, 0.2) is 6.61 Å². The van der Waals surface area contributed by atoms with Gasteiger partial charge in [-0.2, -0.15) is 4.31 Å². The number of hydrogen-bond acceptors (Lipinski definition) is 5. The molecule has 1 aliphatic rings. The van der Waals surface area contributed by atoms with Crippen LogP contribution in [-0.2, 0) is 14.8 Å². The Bertz CT molecular complexity index is 1080. The average Bonchev–Trinajstić information content (AvgIpc) is 2.78. The molecule has 2 N–H and O–H groups in total. The van der Waals surface area contributed by atoms with Crippen molar-refractivity contribution >= 4 is 21.8 Å². The molecular formula is C23H29N3O5S. The van der Waals surface area contributed by atoms with Crippen LogP contribution in [0.1, 0.15) is 47.7 Å². The number of benzene rings is 2. The summed E-state index contributed by atoms with van der Waals surface area (Å²) in [4.78, 5) is 24.4. The Morgan fingerprint density at radius 2 is 1.75 bits per heavy atom. The van der Waals surface area contributed by atoms with Crippen LogP contribution >= 0.6 is 0 Å². The van der Waals surface area contributed by atoms with Crippen LogP contribution in [0.3, 0.4) is 0 Å². The van der Waals surface area contributed by atoms with Crippen molar-refractivity contribution in [1.29, 1.82) is 0 Å². The topological polar surface area (TPSA) is 105 Å². The van der Waals surface area contributed by atoms with Gasteiger partial charge < -0.3 is 4.74 Å². The summed E-state index contributed by atoms with van der Waals surface area (Å²) in [5, 5.41) is 0. The van der Waals surface area contributed by atoms with Crippen LogP contribution in [0.5, 0.6) is 5.75 Å². The number of carbonyl (C=O) groups is 2. The summed E-state index contributed by atoms with van der Waals surface area (Å²) in [7, 11) is -3.60. The fourth-order valence-electron chi connectivity index (χ4n) is 3.53. The van der Waals surface area contributed by atoms with Gasteiger partial charge in [0.05, 0.1) is 4.90 Å². The molecule has 172 valence electrons. The van der Waals surface area contributed by atoms with Crippen molar-refractivity contribution in [3.63, 3.8) is 0 Å². The Morgan fingerprint density at radius 1 is 1.03 bits per heavy atom. The number of rotatable bonds is 6. The highest BCUT2D eigenvalue weighted by atomic mass is 32.2. The smallest absolute Gasteiger partial charge is 0.276 e. The lowest BCUT2D eigenvalue weighted by atomic mass is 10.1. The van der Waals surface area contributed by atoms with Crippen LogP contribution in [0.15, 0.2) is 47.4 Å². The van der Waals surface area contributed by atoms with E-state index >= 15 is 0 Å². The Kier molecular flexibility index (Phi) is 7.52. The molecule has 8 nitrogen and oxygen atoms in total. The van der Waals surface area contributed by atoms with Gasteiger partial charge >= 0.3 is 0 Å². The number of nitrogens with one attached hydrogen (secondary N) is 2. The third kappa shape index (κ3) is 5.66. The van der Waals surface area contributed by atoms with Crippen molar-refractivity contribution in [2.24, 2.45) is 0 Å². The summed E-state index contributed by atoms with van der Waals surface area (Å²) >= 11 is 0. The molecule has 1 saturated heterocycles. The van der Waals surface area contributed by atoms with Crippen LogP contribution in [-0.4, -0.2) is 43.7 Å². The molecule has 2 amide bonds. The molecule has 0 radical (unpaired) electrons. The lowest BCUT2D eigenvalue weighted by molar-refractivity contribution is -0.123. The standard InChI is InChI=1S/C23H29N3O5S/c1-16-7-10-20(14-17(16)2)31-15-22(27)24-25-23(28)19-8-11-21(12-9-19)32(29,30)26-13-5-4-6-18(26)3/h7-12,14,18H,4-6,13,15H2,1-3H3,(H,24,27)(H,25,28). The molecule has 1 unspecified atom stereocenters. The van der Waals surface area contributed by atoms with E-state index in [1.807, 2.05) is 32.9 Å². The molecular weight excluding hydrogens is 430 g/mol. The van der Waals surface area contributed by atoms with E-state index in [0.29, 0.717) is 12.3 Å². The maximum Gasteiger partial charge on any atom is 0.276 e. The summed E-state index contributed by atoms with van der Waals surface area (Å²) in [6.07, 6.45) is 2.71. The van der Waals surface area contributed by atoms with Crippen molar-refractivity contribution in [1.82, 2.24) is 15.2 Å². The number of ether oxygens (including phenoxy) is 1. The predicted octanol–water partition coefficient (Wildman–Crippen LogP) is 2.71. The molecule has 2 aromatic rings. The van der Waals surface area contributed by atoms with Gasteiger partial charge in [-0.05, 0) is 81.1 Å². The monoisotopic (exact) mass is 459 g/mol. The molecule has 1 aliphatic heterocycles. The van der Waals surface area contributed by atoms with Crippen molar-refractivity contribution in [3.05, 3.63) is 59.2 Å². The summed E-state index contributed by atoms with van der Waals surface area (Å²) in [6, 6.07) is 11.1. The van der Waals surface area contributed by atoms with E-state index in [2.05, 4.69) is 10.9 Å². The minimum absolute atomic E-state index is 0.0435. The predicted molar refractivity (Wildman–Crippen MR) is 121 cm³/mol. The lowest BCUT2D eigenvalue weighted by Gasteiger charge is -2.32. The molecule has 0 bridgehead atoms. The number of hydrazine groups is 1. The van der Waals surface area contributed by atoms with Crippen LogP contribution in [0.4, 0.5) is 0 Å². The highest BCUT2D eigenvalue weighted by Crippen LogP contribution is 2.25. The first-order valence-electron chi connectivity index (χ1n) is 10.6. The zero-order chi connectivity index (χ0) is 23.3. The number of nitrogens with zero attached hydrogens (tertiary/aromatic N) is 1. The zero-order valence-corrected chi connectivity index (χ0v) is 19.4. The number of amides is 2. The van der Waals surface area contributed by atoms with E-state index in [1.54, 1.807) is 6.07 Å². The second-order valence-electron chi connectivity index (χ2n) is 8.02. The lowest BCUT2D eigenvalue weighted by Crippen LogP contribution is -2.44. The second-order valence-corrected chi connectivity index (χ2v) is 9.91. The Morgan fingerprint density at radius 3 is 2.41 bits per heavy atom. The average molecular weight is 460 g/mol. The number of piperidine rings is 1. The summed E-state index contributed by atoms with van der Waals surface area (Å²) in [5.41, 5.74) is 7.00. The maximum atomic E-state index is 12.9. The Hall–Kier alpha value is -2.91. The molecule has 32 heavy (non-hydrogen) atoms. The van der Waals surface area contributed by atoms with E-state index in [4.69, 9.17) is 4.74 Å². The van der Waals surface area contributed by atoms with Gasteiger partial charge in [0.25, 0.3) is 11.8 Å². The van der Waals surface area contributed by atoms with E-state index in [0.717, 1.165) is 30.4 Å². The molecule has 1 fully saturated rings. The minimum Gasteiger partial charge on any atom is -0.484 e. The third-order valence-corrected chi connectivity index (χ3v) is 7.66. The van der Waals surface area contributed by atoms with Crippen molar-refractivity contribution < 1.29 is 22.7 Å². The van der Waals surface area contributed by atoms with Crippen molar-refractivity contribution in [3.8, 4) is 5.75 Å². The molecule has 1 heterocycles. The summed E-state index contributed by atoms with van der Waals surface area (Å²) in [5.74, 6) is -0.510. The Labute approximate surface area is 189 Å². The molecule has 0 aromatic heterocycles. The maximum absolute atomic E-state index is 12.9. The van der Waals surface area contributed by atoms with E-state index < -0.39 is 21.8 Å². The van der Waals surface area contributed by atoms with Crippen LogP contribution in [0, 0.1) is 13.8 Å². The van der Waals surface area contributed by atoms with Crippen LogP contribution < -0.4 is 15.6 Å². The van der Waals surface area contributed by atoms with E-state index in [9.17, 15) is 18.0 Å². The Balaban J connectivity index is 1.53. The molecule has 0 spiro atoms. The highest BCUT2D eigenvalue weighted by Gasteiger charge is 2.30. The number of carbonyl (C=O) groups excluding carboxylic acids is 2. The van der Waals surface area contributed by atoms with Gasteiger partial charge in [-0.15, -0.1) is 0 Å². The SMILES string of the molecule is Cc1ccc(OCC(=O)NNC(=O)c2ccc(S(=O)(=O)N3CCCCC3C)cc2)cc1C. The second kappa shape index (κ2) is 10.1. The first-order valence-corrected chi connectivity index (χ1v) is 12.0. The van der Waals surface area contributed by atoms with Crippen molar-refractivity contribution in [2.45, 2.75) is 51.0 Å². The molecule has 2 aromatic carbocycles. The fraction of sp³-hybridized carbons (Fsp3) is 0.391. The van der Waals surface area contributed by atoms with Gasteiger partial charge in [0.2, 0.25) is 10.0 Å². The third-order valence-electron chi connectivity index (χ3n) is 5.63. The number of aryl methyl sites for hydroxylation is 2. The number of hydrogen-bond donors (Lipinski definition) is 2. The molecule has 0 aliphatic carbocycles. The molecule has 3 rings (SSSR count). The number of sulfonamides is 1. The molecule has 1 atom stereocenters.